The number of hydrogen-bond acceptors (Lipinski definition) is 6. The summed E-state index contributed by atoms with van der Waals surface area (Å²) in [5.41, 5.74) is 1.13. The van der Waals surface area contributed by atoms with Gasteiger partial charge in [0.15, 0.2) is 0 Å². The lowest BCUT2D eigenvalue weighted by Crippen LogP contribution is -2.23. The summed E-state index contributed by atoms with van der Waals surface area (Å²) in [6, 6.07) is 8.00. The molecule has 0 amide bonds. The van der Waals surface area contributed by atoms with E-state index in [-0.39, 0.29) is 16.1 Å². The fourth-order valence-electron chi connectivity index (χ4n) is 2.97. The van der Waals surface area contributed by atoms with Crippen LogP contribution in [0.1, 0.15) is 49.5 Å². The molecule has 9 nitrogen and oxygen atoms in total. The average molecular weight is 534 g/mol. The second-order valence-electron chi connectivity index (χ2n) is 8.33. The summed E-state index contributed by atoms with van der Waals surface area (Å²) in [4.78, 5) is 26.6. The summed E-state index contributed by atoms with van der Waals surface area (Å²) in [6.07, 6.45) is -0.999. The molecule has 1 aromatic carbocycles. The number of halogens is 3. The van der Waals surface area contributed by atoms with Crippen molar-refractivity contribution in [3.63, 3.8) is 0 Å². The molecule has 2 rings (SSSR count). The van der Waals surface area contributed by atoms with E-state index in [2.05, 4.69) is 23.6 Å². The number of aliphatic carboxylic acids is 1. The minimum atomic E-state index is -5.08. The number of sulfonamides is 1. The van der Waals surface area contributed by atoms with Gasteiger partial charge in [0.1, 0.15) is 11.4 Å². The predicted octanol–water partition coefficient (Wildman–Crippen LogP) is 4.65. The molecule has 3 N–H and O–H groups in total. The summed E-state index contributed by atoms with van der Waals surface area (Å²) in [5.74, 6) is -3.13. The quantitative estimate of drug-likeness (QED) is 0.401. The lowest BCUT2D eigenvalue weighted by Gasteiger charge is -2.20. The maximum Gasteiger partial charge on any atom is 0.490 e. The van der Waals surface area contributed by atoms with Crippen LogP contribution in [0.15, 0.2) is 41.4 Å². The number of benzene rings is 1. The van der Waals surface area contributed by atoms with E-state index in [0.717, 1.165) is 24.8 Å². The number of hydrogen-bond donors (Lipinski definition) is 3. The number of aromatic carboxylic acids is 1. The van der Waals surface area contributed by atoms with Gasteiger partial charge in [-0.3, -0.25) is 4.72 Å². The Kier molecular flexibility index (Phi) is 11.2. The number of carboxylic acid groups (broad SMARTS) is 2. The molecule has 0 aliphatic rings. The molecule has 0 atom stereocenters. The second kappa shape index (κ2) is 13.1. The fraction of sp³-hybridized carbons (Fsp3) is 0.435. The van der Waals surface area contributed by atoms with Gasteiger partial charge >= 0.3 is 18.1 Å². The van der Waals surface area contributed by atoms with Crippen LogP contribution in [0.2, 0.25) is 0 Å². The first-order chi connectivity index (χ1) is 16.6. The number of pyridine rings is 1. The maximum absolute atomic E-state index is 12.7. The molecule has 1 aromatic heterocycles. The SMILES string of the molecule is CCCCN(C)c1ncc(NS(=O)(=O)c2ccc(CC(C)C)cc2)cc1C(=O)O.O=C(O)C(F)(F)F. The number of unbranched alkanes of at least 4 members (excludes halogenated alkanes) is 1. The molecule has 36 heavy (non-hydrogen) atoms. The lowest BCUT2D eigenvalue weighted by atomic mass is 10.0. The van der Waals surface area contributed by atoms with Crippen molar-refractivity contribution in [1.29, 1.82) is 0 Å². The van der Waals surface area contributed by atoms with Crippen molar-refractivity contribution in [3.8, 4) is 0 Å². The predicted molar refractivity (Wildman–Crippen MR) is 129 cm³/mol. The van der Waals surface area contributed by atoms with Gasteiger partial charge in [0.05, 0.1) is 16.8 Å². The zero-order valence-electron chi connectivity index (χ0n) is 20.3. The molecular formula is C23H30F3N3O6S. The molecule has 0 radical (unpaired) electrons. The number of carboxylic acids is 2. The highest BCUT2D eigenvalue weighted by Gasteiger charge is 2.38. The van der Waals surface area contributed by atoms with E-state index in [0.29, 0.717) is 18.3 Å². The normalized spacial score (nSPS) is 11.4. The maximum atomic E-state index is 12.7. The van der Waals surface area contributed by atoms with Crippen LogP contribution >= 0.6 is 0 Å². The first-order valence-corrected chi connectivity index (χ1v) is 12.4. The van der Waals surface area contributed by atoms with Gasteiger partial charge in [-0.1, -0.05) is 39.3 Å². The van der Waals surface area contributed by atoms with Gasteiger partial charge < -0.3 is 15.1 Å². The molecule has 1 heterocycles. The van der Waals surface area contributed by atoms with Crippen LogP contribution in [0.4, 0.5) is 24.7 Å². The number of rotatable bonds is 10. The Bertz CT molecular complexity index is 1140. The molecule has 0 spiro atoms. The first-order valence-electron chi connectivity index (χ1n) is 10.9. The molecule has 2 aromatic rings. The molecule has 0 bridgehead atoms. The van der Waals surface area contributed by atoms with Crippen molar-refractivity contribution in [2.24, 2.45) is 5.92 Å². The minimum Gasteiger partial charge on any atom is -0.478 e. The Morgan fingerprint density at radius 2 is 1.69 bits per heavy atom. The smallest absolute Gasteiger partial charge is 0.478 e. The highest BCUT2D eigenvalue weighted by Crippen LogP contribution is 2.23. The van der Waals surface area contributed by atoms with Crippen LogP contribution in [-0.4, -0.2) is 55.3 Å². The van der Waals surface area contributed by atoms with E-state index in [9.17, 15) is 31.5 Å². The zero-order chi connectivity index (χ0) is 27.7. The number of nitrogens with one attached hydrogen (secondary N) is 1. The highest BCUT2D eigenvalue weighted by molar-refractivity contribution is 7.92. The standard InChI is InChI=1S/C21H29N3O4S.C2HF3O2/c1-5-6-11-24(4)20-19(21(25)26)13-17(14-22-20)23-29(27,28)18-9-7-16(8-10-18)12-15(2)3;3-2(4,5)1(6)7/h7-10,13-15,23H,5-6,11-12H2,1-4H3,(H,25,26);(H,6,7). The Labute approximate surface area is 208 Å². The molecule has 0 saturated heterocycles. The topological polar surface area (TPSA) is 137 Å². The number of anilines is 2. The molecule has 13 heteroatoms. The lowest BCUT2D eigenvalue weighted by molar-refractivity contribution is -0.192. The third kappa shape index (κ3) is 9.72. The number of carbonyl (C=O) groups is 2. The summed E-state index contributed by atoms with van der Waals surface area (Å²) >= 11 is 0. The minimum absolute atomic E-state index is 0.0453. The van der Waals surface area contributed by atoms with Crippen LogP contribution in [0.25, 0.3) is 0 Å². The number of alkyl halides is 3. The molecule has 0 unspecified atom stereocenters. The summed E-state index contributed by atoms with van der Waals surface area (Å²) in [7, 11) is -2.07. The second-order valence-corrected chi connectivity index (χ2v) is 10.0. The largest absolute Gasteiger partial charge is 0.490 e. The van der Waals surface area contributed by atoms with E-state index in [4.69, 9.17) is 9.90 Å². The molecular weight excluding hydrogens is 503 g/mol. The van der Waals surface area contributed by atoms with Crippen molar-refractivity contribution in [1.82, 2.24) is 4.98 Å². The van der Waals surface area contributed by atoms with E-state index < -0.39 is 28.1 Å². The molecule has 200 valence electrons. The van der Waals surface area contributed by atoms with E-state index in [1.807, 2.05) is 6.92 Å². The van der Waals surface area contributed by atoms with Crippen LogP contribution in [0.3, 0.4) is 0 Å². The highest BCUT2D eigenvalue weighted by atomic mass is 32.2. The van der Waals surface area contributed by atoms with Gasteiger partial charge in [-0.05, 0) is 42.5 Å². The third-order valence-electron chi connectivity index (χ3n) is 4.68. The Morgan fingerprint density at radius 1 is 1.14 bits per heavy atom. The first kappa shape index (κ1) is 30.7. The molecule has 0 aliphatic heterocycles. The molecule has 0 saturated carbocycles. The van der Waals surface area contributed by atoms with E-state index in [1.54, 1.807) is 36.2 Å². The van der Waals surface area contributed by atoms with Gasteiger partial charge in [0, 0.05) is 13.6 Å². The monoisotopic (exact) mass is 533 g/mol. The van der Waals surface area contributed by atoms with Crippen LogP contribution in [0.5, 0.6) is 0 Å². The summed E-state index contributed by atoms with van der Waals surface area (Å²) < 4.78 is 59.5. The Hall–Kier alpha value is -3.35. The fourth-order valence-corrected chi connectivity index (χ4v) is 4.00. The van der Waals surface area contributed by atoms with Crippen LogP contribution in [0, 0.1) is 5.92 Å². The molecule has 0 fully saturated rings. The summed E-state index contributed by atoms with van der Waals surface area (Å²) in [5, 5.41) is 16.7. The van der Waals surface area contributed by atoms with Crippen molar-refractivity contribution in [2.45, 2.75) is 51.1 Å². The average Bonchev–Trinajstić information content (AvgIpc) is 2.76. The van der Waals surface area contributed by atoms with Gasteiger partial charge in [0.25, 0.3) is 10.0 Å². The van der Waals surface area contributed by atoms with Gasteiger partial charge in [0.2, 0.25) is 0 Å². The van der Waals surface area contributed by atoms with Crippen molar-refractivity contribution < 1.29 is 41.4 Å². The molecule has 0 aliphatic carbocycles. The Morgan fingerprint density at radius 3 is 2.14 bits per heavy atom. The van der Waals surface area contributed by atoms with Gasteiger partial charge in [-0.15, -0.1) is 0 Å². The van der Waals surface area contributed by atoms with Gasteiger partial charge in [-0.25, -0.2) is 23.0 Å². The van der Waals surface area contributed by atoms with Gasteiger partial charge in [-0.2, -0.15) is 13.2 Å². The number of nitrogens with zero attached hydrogens (tertiary/aromatic N) is 2. The van der Waals surface area contributed by atoms with Crippen LogP contribution in [-0.2, 0) is 21.2 Å². The van der Waals surface area contributed by atoms with Crippen molar-refractivity contribution in [2.75, 3.05) is 23.2 Å². The van der Waals surface area contributed by atoms with Crippen LogP contribution < -0.4 is 9.62 Å². The zero-order valence-corrected chi connectivity index (χ0v) is 21.2. The third-order valence-corrected chi connectivity index (χ3v) is 6.08. The summed E-state index contributed by atoms with van der Waals surface area (Å²) in [6.45, 7) is 6.91. The Balaban J connectivity index is 0.000000809. The van der Waals surface area contributed by atoms with E-state index >= 15 is 0 Å². The van der Waals surface area contributed by atoms with E-state index in [1.165, 1.54) is 12.3 Å². The van der Waals surface area contributed by atoms with Crippen molar-refractivity contribution in [3.05, 3.63) is 47.7 Å². The number of aromatic nitrogens is 1. The van der Waals surface area contributed by atoms with Crippen molar-refractivity contribution >= 4 is 33.5 Å².